The van der Waals surface area contributed by atoms with Gasteiger partial charge >= 0.3 is 0 Å². The van der Waals surface area contributed by atoms with Crippen LogP contribution in [0.1, 0.15) is 16.1 Å². The Balaban J connectivity index is 2.43. The maximum Gasteiger partial charge on any atom is 0.209 e. The molecule has 0 radical (unpaired) electrons. The van der Waals surface area contributed by atoms with Gasteiger partial charge in [-0.3, -0.25) is 9.59 Å². The van der Waals surface area contributed by atoms with E-state index in [1.165, 1.54) is 17.9 Å². The number of allylic oxidation sites excluding steroid dienone is 1. The lowest BCUT2D eigenvalue weighted by atomic mass is 10.1. The van der Waals surface area contributed by atoms with Gasteiger partial charge < -0.3 is 9.30 Å². The number of hydrogen-bond acceptors (Lipinski definition) is 3. The summed E-state index contributed by atoms with van der Waals surface area (Å²) in [6.07, 6.45) is 3.59. The van der Waals surface area contributed by atoms with Crippen LogP contribution >= 0.6 is 0 Å². The first-order valence-corrected chi connectivity index (χ1v) is 5.73. The molecule has 0 aliphatic rings. The molecule has 4 nitrogen and oxygen atoms in total. The normalized spacial score (nSPS) is 11.1. The lowest BCUT2D eigenvalue weighted by molar-refractivity contribution is -0.103. The van der Waals surface area contributed by atoms with Crippen LogP contribution in [0.3, 0.4) is 0 Å². The predicted molar refractivity (Wildman–Crippen MR) is 71.7 cm³/mol. The van der Waals surface area contributed by atoms with E-state index in [0.29, 0.717) is 17.5 Å². The van der Waals surface area contributed by atoms with E-state index < -0.39 is 0 Å². The molecule has 0 aliphatic carbocycles. The molecule has 0 fully saturated rings. The van der Waals surface area contributed by atoms with Crippen molar-refractivity contribution in [2.24, 2.45) is 0 Å². The zero-order chi connectivity index (χ0) is 13.7. The molecule has 4 heteroatoms. The summed E-state index contributed by atoms with van der Waals surface area (Å²) in [7, 11) is 1.45. The Kier molecular flexibility index (Phi) is 3.93. The van der Waals surface area contributed by atoms with Gasteiger partial charge in [0.2, 0.25) is 5.78 Å². The topological polar surface area (TPSA) is 48.3 Å². The third-order valence-corrected chi connectivity index (χ3v) is 2.65. The van der Waals surface area contributed by atoms with Gasteiger partial charge in [-0.15, -0.1) is 0 Å². The molecule has 1 heterocycles. The molecule has 0 amide bonds. The number of carbonyl (C=O) groups is 2. The summed E-state index contributed by atoms with van der Waals surface area (Å²) < 4.78 is 6.34. The zero-order valence-corrected chi connectivity index (χ0v) is 10.4. The molecule has 0 atom stereocenters. The van der Waals surface area contributed by atoms with Crippen molar-refractivity contribution in [3.05, 3.63) is 66.2 Å². The van der Waals surface area contributed by atoms with Crippen LogP contribution in [0.15, 0.2) is 54.9 Å². The van der Waals surface area contributed by atoms with Gasteiger partial charge in [0.1, 0.15) is 12.0 Å². The fraction of sp³-hybridized carbons (Fsp3) is 0.0667. The van der Waals surface area contributed by atoms with Crippen LogP contribution in [-0.2, 0) is 9.53 Å². The fourth-order valence-corrected chi connectivity index (χ4v) is 1.79. The van der Waals surface area contributed by atoms with Gasteiger partial charge in [0, 0.05) is 11.8 Å². The van der Waals surface area contributed by atoms with E-state index in [4.69, 9.17) is 4.74 Å². The third-order valence-electron chi connectivity index (χ3n) is 2.65. The van der Waals surface area contributed by atoms with Crippen molar-refractivity contribution < 1.29 is 14.3 Å². The smallest absolute Gasteiger partial charge is 0.209 e. The third kappa shape index (κ3) is 2.63. The van der Waals surface area contributed by atoms with Crippen molar-refractivity contribution in [3.63, 3.8) is 0 Å². The summed E-state index contributed by atoms with van der Waals surface area (Å²) in [6.45, 7) is 0. The van der Waals surface area contributed by atoms with E-state index in [1.807, 2.05) is 6.07 Å². The summed E-state index contributed by atoms with van der Waals surface area (Å²) in [6, 6.07) is 12.3. The molecule has 19 heavy (non-hydrogen) atoms. The summed E-state index contributed by atoms with van der Waals surface area (Å²) in [5.41, 5.74) is 1.26. The molecule has 0 spiro atoms. The Morgan fingerprint density at radius 3 is 2.53 bits per heavy atom. The highest BCUT2D eigenvalue weighted by Gasteiger charge is 2.14. The Morgan fingerprint density at radius 1 is 1.16 bits per heavy atom. The number of aromatic nitrogens is 1. The van der Waals surface area contributed by atoms with E-state index in [9.17, 15) is 9.59 Å². The van der Waals surface area contributed by atoms with Crippen molar-refractivity contribution in [1.82, 2.24) is 4.57 Å². The highest BCUT2D eigenvalue weighted by atomic mass is 16.5. The number of aldehydes is 1. The predicted octanol–water partition coefficient (Wildman–Crippen LogP) is 2.36. The molecular formula is C15H13NO3. The summed E-state index contributed by atoms with van der Waals surface area (Å²) in [5.74, 6) is -0.144. The number of rotatable bonds is 5. The molecule has 0 bridgehead atoms. The Morgan fingerprint density at radius 2 is 1.89 bits per heavy atom. The van der Waals surface area contributed by atoms with Crippen LogP contribution < -0.4 is 0 Å². The number of ether oxygens (including phenoxy) is 1. The van der Waals surface area contributed by atoms with Gasteiger partial charge in [-0.25, -0.2) is 0 Å². The molecular weight excluding hydrogens is 242 g/mol. The number of nitrogens with zero attached hydrogens (tertiary/aromatic N) is 1. The standard InChI is InChI=1S/C15H13NO3/c1-19-11-13(10-17)16-9-5-8-14(16)15(18)12-6-3-2-4-7-12/h2-11H,1H3. The quantitative estimate of drug-likeness (QED) is 0.356. The SMILES string of the molecule is COC=C(C=O)n1cccc1C(=O)c1ccccc1. The molecule has 96 valence electrons. The fourth-order valence-electron chi connectivity index (χ4n) is 1.79. The van der Waals surface area contributed by atoms with E-state index >= 15 is 0 Å². The first-order valence-electron chi connectivity index (χ1n) is 5.73. The summed E-state index contributed by atoms with van der Waals surface area (Å²) in [5, 5.41) is 0. The minimum atomic E-state index is -0.144. The number of hydrogen-bond donors (Lipinski definition) is 0. The first-order chi connectivity index (χ1) is 9.27. The molecule has 0 aliphatic heterocycles. The van der Waals surface area contributed by atoms with Crippen LogP contribution in [0, 0.1) is 0 Å². The van der Waals surface area contributed by atoms with E-state index in [0.717, 1.165) is 0 Å². The second kappa shape index (κ2) is 5.82. The van der Waals surface area contributed by atoms with E-state index in [1.54, 1.807) is 42.6 Å². The maximum atomic E-state index is 12.3. The number of ketones is 1. The molecule has 0 N–H and O–H groups in total. The molecule has 0 unspecified atom stereocenters. The largest absolute Gasteiger partial charge is 0.502 e. The minimum Gasteiger partial charge on any atom is -0.502 e. The van der Waals surface area contributed by atoms with Crippen LogP contribution in [0.5, 0.6) is 0 Å². The van der Waals surface area contributed by atoms with Crippen LogP contribution in [0.4, 0.5) is 0 Å². The van der Waals surface area contributed by atoms with Gasteiger partial charge in [-0.1, -0.05) is 30.3 Å². The molecule has 2 rings (SSSR count). The number of methoxy groups -OCH3 is 1. The van der Waals surface area contributed by atoms with E-state index in [-0.39, 0.29) is 11.5 Å². The number of benzene rings is 1. The van der Waals surface area contributed by atoms with Gasteiger partial charge in [-0.2, -0.15) is 0 Å². The highest BCUT2D eigenvalue weighted by molar-refractivity contribution is 6.10. The Hall–Kier alpha value is -2.62. The van der Waals surface area contributed by atoms with Crippen molar-refractivity contribution in [2.45, 2.75) is 0 Å². The first kappa shape index (κ1) is 12.8. The van der Waals surface area contributed by atoms with Crippen LogP contribution in [0.2, 0.25) is 0 Å². The Bertz CT molecular complexity index is 611. The number of carbonyl (C=O) groups excluding carboxylic acids is 2. The molecule has 0 saturated heterocycles. The van der Waals surface area contributed by atoms with Crippen molar-refractivity contribution in [2.75, 3.05) is 7.11 Å². The van der Waals surface area contributed by atoms with Gasteiger partial charge in [-0.05, 0) is 12.1 Å². The van der Waals surface area contributed by atoms with Crippen molar-refractivity contribution in [3.8, 4) is 0 Å². The highest BCUT2D eigenvalue weighted by Crippen LogP contribution is 2.14. The zero-order valence-electron chi connectivity index (χ0n) is 10.4. The maximum absolute atomic E-state index is 12.3. The monoisotopic (exact) mass is 255 g/mol. The Labute approximate surface area is 110 Å². The second-order valence-electron chi connectivity index (χ2n) is 3.85. The second-order valence-corrected chi connectivity index (χ2v) is 3.85. The average Bonchev–Trinajstić information content (AvgIpc) is 2.94. The van der Waals surface area contributed by atoms with Crippen LogP contribution in [0.25, 0.3) is 5.70 Å². The van der Waals surface area contributed by atoms with Crippen LogP contribution in [-0.4, -0.2) is 23.7 Å². The molecule has 1 aromatic heterocycles. The summed E-state index contributed by atoms with van der Waals surface area (Å²) >= 11 is 0. The molecule has 2 aromatic rings. The van der Waals surface area contributed by atoms with Crippen molar-refractivity contribution in [1.29, 1.82) is 0 Å². The van der Waals surface area contributed by atoms with Crippen molar-refractivity contribution >= 4 is 17.8 Å². The van der Waals surface area contributed by atoms with Gasteiger partial charge in [0.25, 0.3) is 0 Å². The lowest BCUT2D eigenvalue weighted by Crippen LogP contribution is -2.10. The van der Waals surface area contributed by atoms with E-state index in [2.05, 4.69) is 0 Å². The minimum absolute atomic E-state index is 0.144. The van der Waals surface area contributed by atoms with Gasteiger partial charge in [0.15, 0.2) is 6.29 Å². The average molecular weight is 255 g/mol. The lowest BCUT2D eigenvalue weighted by Gasteiger charge is -2.07. The molecule has 1 aromatic carbocycles. The summed E-state index contributed by atoms with van der Waals surface area (Å²) in [4.78, 5) is 23.4. The van der Waals surface area contributed by atoms with Gasteiger partial charge in [0.05, 0.1) is 12.8 Å². The molecule has 0 saturated carbocycles.